The predicted octanol–water partition coefficient (Wildman–Crippen LogP) is 1.27. The Balaban J connectivity index is 2.12. The van der Waals surface area contributed by atoms with Crippen molar-refractivity contribution in [3.8, 4) is 0 Å². The number of hydrogen-bond donors (Lipinski definition) is 0. The molecule has 4 aliphatic rings. The van der Waals surface area contributed by atoms with Gasteiger partial charge in [0.1, 0.15) is 0 Å². The molecule has 0 N–H and O–H groups in total. The molecule has 0 radical (unpaired) electrons. The van der Waals surface area contributed by atoms with E-state index in [4.69, 9.17) is 9.47 Å². The number of fused-ring (bicyclic) bond motifs is 1. The van der Waals surface area contributed by atoms with E-state index in [9.17, 15) is 9.59 Å². The summed E-state index contributed by atoms with van der Waals surface area (Å²) in [6, 6.07) is 0. The van der Waals surface area contributed by atoms with Crippen LogP contribution in [0.15, 0.2) is 24.0 Å². The lowest BCUT2D eigenvalue weighted by atomic mass is 9.55. The fourth-order valence-corrected chi connectivity index (χ4v) is 3.63. The van der Waals surface area contributed by atoms with Crippen LogP contribution in [0.25, 0.3) is 0 Å². The number of carbonyl (C=O) groups excluding carboxylic acids is 2. The Labute approximate surface area is 106 Å². The summed E-state index contributed by atoms with van der Waals surface area (Å²) in [4.78, 5) is 24.6. The molecule has 4 atom stereocenters. The molecule has 1 fully saturated rings. The van der Waals surface area contributed by atoms with Gasteiger partial charge in [-0.25, -0.2) is 0 Å². The fourth-order valence-electron chi connectivity index (χ4n) is 3.63. The molecule has 18 heavy (non-hydrogen) atoms. The fraction of sp³-hybridized carbons (Fsp3) is 0.571. The third-order valence-electron chi connectivity index (χ3n) is 4.57. The van der Waals surface area contributed by atoms with Gasteiger partial charge >= 0.3 is 0 Å². The van der Waals surface area contributed by atoms with Gasteiger partial charge in [0.15, 0.2) is 11.5 Å². The quantitative estimate of drug-likeness (QED) is 0.690. The lowest BCUT2D eigenvalue weighted by Crippen LogP contribution is -2.58. The zero-order chi connectivity index (χ0) is 12.9. The molecule has 4 nitrogen and oxygen atoms in total. The zero-order valence-corrected chi connectivity index (χ0v) is 10.5. The molecule has 0 aromatic heterocycles. The Kier molecular flexibility index (Phi) is 2.45. The van der Waals surface area contributed by atoms with E-state index in [1.54, 1.807) is 7.11 Å². The van der Waals surface area contributed by atoms with Crippen LogP contribution in [0.4, 0.5) is 0 Å². The standard InChI is InChI=1S/C14H16O4/c1-17-10-7-9(15)11-8-3-5-14(18-2,6-4-8)12(11)13(10)16/h3,5,7-8,11-12H,4,6H2,1-2H3. The molecular formula is C14H16O4. The van der Waals surface area contributed by atoms with Gasteiger partial charge < -0.3 is 9.47 Å². The van der Waals surface area contributed by atoms with Gasteiger partial charge in [-0.3, -0.25) is 9.59 Å². The number of ether oxygens (including phenoxy) is 2. The normalized spacial score (nSPS) is 41.7. The van der Waals surface area contributed by atoms with Crippen molar-refractivity contribution in [2.75, 3.05) is 14.2 Å². The SMILES string of the molecule is COC1=CC(=O)C2C3C=CC(OC)(CC3)C2C1=O. The van der Waals surface area contributed by atoms with Crippen LogP contribution >= 0.6 is 0 Å². The molecule has 0 amide bonds. The molecule has 4 rings (SSSR count). The molecule has 1 saturated carbocycles. The second-order valence-corrected chi connectivity index (χ2v) is 5.20. The molecule has 0 aromatic carbocycles. The number of ketones is 2. The van der Waals surface area contributed by atoms with Crippen molar-refractivity contribution in [2.24, 2.45) is 17.8 Å². The highest BCUT2D eigenvalue weighted by Gasteiger charge is 2.58. The molecule has 96 valence electrons. The summed E-state index contributed by atoms with van der Waals surface area (Å²) in [7, 11) is 3.03. The number of hydrogen-bond acceptors (Lipinski definition) is 4. The number of allylic oxidation sites excluding steroid dienone is 3. The van der Waals surface area contributed by atoms with Gasteiger partial charge in [0.05, 0.1) is 18.6 Å². The average Bonchev–Trinajstić information content (AvgIpc) is 2.43. The van der Waals surface area contributed by atoms with Gasteiger partial charge in [0.25, 0.3) is 0 Å². The second-order valence-electron chi connectivity index (χ2n) is 5.20. The molecule has 4 aliphatic carbocycles. The van der Waals surface area contributed by atoms with Gasteiger partial charge in [0.2, 0.25) is 5.78 Å². The van der Waals surface area contributed by atoms with Crippen molar-refractivity contribution < 1.29 is 19.1 Å². The molecule has 4 unspecified atom stereocenters. The van der Waals surface area contributed by atoms with Crippen LogP contribution < -0.4 is 0 Å². The second kappa shape index (κ2) is 3.79. The van der Waals surface area contributed by atoms with Gasteiger partial charge in [-0.2, -0.15) is 0 Å². The van der Waals surface area contributed by atoms with Crippen LogP contribution in [0, 0.1) is 17.8 Å². The Hall–Kier alpha value is -1.42. The van der Waals surface area contributed by atoms with Crippen LogP contribution in [-0.4, -0.2) is 31.4 Å². The van der Waals surface area contributed by atoms with Crippen molar-refractivity contribution in [3.05, 3.63) is 24.0 Å². The first-order chi connectivity index (χ1) is 8.63. The van der Waals surface area contributed by atoms with Crippen LogP contribution in [0.1, 0.15) is 12.8 Å². The highest BCUT2D eigenvalue weighted by molar-refractivity contribution is 6.10. The minimum atomic E-state index is -0.621. The third kappa shape index (κ3) is 1.29. The van der Waals surface area contributed by atoms with E-state index in [1.807, 2.05) is 12.2 Å². The Bertz CT molecular complexity index is 476. The molecule has 0 aliphatic heterocycles. The Morgan fingerprint density at radius 3 is 2.67 bits per heavy atom. The van der Waals surface area contributed by atoms with Crippen molar-refractivity contribution >= 4 is 11.6 Å². The van der Waals surface area contributed by atoms with E-state index in [-0.39, 0.29) is 29.2 Å². The first-order valence-electron chi connectivity index (χ1n) is 6.21. The molecular weight excluding hydrogens is 232 g/mol. The van der Waals surface area contributed by atoms with E-state index in [1.165, 1.54) is 13.2 Å². The maximum atomic E-state index is 12.4. The van der Waals surface area contributed by atoms with E-state index < -0.39 is 11.5 Å². The highest BCUT2D eigenvalue weighted by atomic mass is 16.5. The van der Waals surface area contributed by atoms with Crippen LogP contribution in [0.2, 0.25) is 0 Å². The highest BCUT2D eigenvalue weighted by Crippen LogP contribution is 2.52. The van der Waals surface area contributed by atoms with Crippen LogP contribution in [0.5, 0.6) is 0 Å². The van der Waals surface area contributed by atoms with Crippen LogP contribution in [-0.2, 0) is 19.1 Å². The summed E-state index contributed by atoms with van der Waals surface area (Å²) < 4.78 is 10.6. The van der Waals surface area contributed by atoms with Gasteiger partial charge in [-0.15, -0.1) is 0 Å². The van der Waals surface area contributed by atoms with E-state index in [0.717, 1.165) is 12.8 Å². The number of rotatable bonds is 2. The first kappa shape index (κ1) is 11.7. The van der Waals surface area contributed by atoms with Gasteiger partial charge in [-0.05, 0) is 18.8 Å². The number of Topliss-reactive ketones (excluding diaryl/α,β-unsaturated/α-hetero) is 1. The average molecular weight is 248 g/mol. The Morgan fingerprint density at radius 2 is 2.11 bits per heavy atom. The lowest BCUT2D eigenvalue weighted by molar-refractivity contribution is -0.154. The third-order valence-corrected chi connectivity index (χ3v) is 4.57. The maximum Gasteiger partial charge on any atom is 0.204 e. The molecule has 0 heterocycles. The summed E-state index contributed by atoms with van der Waals surface area (Å²) in [6.07, 6.45) is 7.04. The monoisotopic (exact) mass is 248 g/mol. The van der Waals surface area contributed by atoms with Crippen molar-refractivity contribution in [1.29, 1.82) is 0 Å². The zero-order valence-electron chi connectivity index (χ0n) is 10.5. The smallest absolute Gasteiger partial charge is 0.204 e. The molecule has 0 spiro atoms. The predicted molar refractivity (Wildman–Crippen MR) is 63.7 cm³/mol. The summed E-state index contributed by atoms with van der Waals surface area (Å²) >= 11 is 0. The lowest BCUT2D eigenvalue weighted by Gasteiger charge is -2.51. The first-order valence-corrected chi connectivity index (χ1v) is 6.21. The van der Waals surface area contributed by atoms with Crippen molar-refractivity contribution in [3.63, 3.8) is 0 Å². The largest absolute Gasteiger partial charge is 0.493 e. The molecule has 0 saturated heterocycles. The van der Waals surface area contributed by atoms with E-state index in [2.05, 4.69) is 0 Å². The summed E-state index contributed by atoms with van der Waals surface area (Å²) in [5.74, 6) is -0.463. The summed E-state index contributed by atoms with van der Waals surface area (Å²) in [5.41, 5.74) is -0.621. The topological polar surface area (TPSA) is 52.6 Å². The number of carbonyl (C=O) groups is 2. The molecule has 4 heteroatoms. The maximum absolute atomic E-state index is 12.4. The van der Waals surface area contributed by atoms with E-state index >= 15 is 0 Å². The minimum absolute atomic E-state index is 0.00748. The number of methoxy groups -OCH3 is 2. The van der Waals surface area contributed by atoms with E-state index in [0.29, 0.717) is 0 Å². The van der Waals surface area contributed by atoms with Crippen molar-refractivity contribution in [2.45, 2.75) is 18.4 Å². The Morgan fingerprint density at radius 1 is 1.33 bits per heavy atom. The van der Waals surface area contributed by atoms with Crippen molar-refractivity contribution in [1.82, 2.24) is 0 Å². The van der Waals surface area contributed by atoms with Crippen LogP contribution in [0.3, 0.4) is 0 Å². The van der Waals surface area contributed by atoms with Gasteiger partial charge in [-0.1, -0.05) is 12.2 Å². The summed E-state index contributed by atoms with van der Waals surface area (Å²) in [5, 5.41) is 0. The minimum Gasteiger partial charge on any atom is -0.493 e. The molecule has 2 bridgehead atoms. The summed E-state index contributed by atoms with van der Waals surface area (Å²) in [6.45, 7) is 0. The molecule has 0 aromatic rings. The van der Waals surface area contributed by atoms with Gasteiger partial charge in [0, 0.05) is 19.1 Å².